The monoisotopic (exact) mass is 359 g/mol. The first-order valence-electron chi connectivity index (χ1n) is 9.51. The summed E-state index contributed by atoms with van der Waals surface area (Å²) in [5.41, 5.74) is 8.96. The zero-order valence-corrected chi connectivity index (χ0v) is 17.0. The Bertz CT molecular complexity index is 574. The van der Waals surface area contributed by atoms with E-state index >= 15 is 0 Å². The summed E-state index contributed by atoms with van der Waals surface area (Å²) < 4.78 is 0. The van der Waals surface area contributed by atoms with E-state index in [-0.39, 0.29) is 5.41 Å². The number of hydrogen-bond acceptors (Lipinski definition) is 5. The number of hydrogen-bond donors (Lipinski definition) is 4. The quantitative estimate of drug-likeness (QED) is 0.455. The van der Waals surface area contributed by atoms with Crippen LogP contribution in [0.2, 0.25) is 0 Å². The molecule has 0 aliphatic rings. The van der Waals surface area contributed by atoms with Gasteiger partial charge in [0.25, 0.3) is 0 Å². The van der Waals surface area contributed by atoms with Gasteiger partial charge in [-0.25, -0.2) is 4.98 Å². The molecule has 5 N–H and O–H groups in total. The number of nitrogens with zero attached hydrogens (tertiary/aromatic N) is 1. The highest BCUT2D eigenvalue weighted by molar-refractivity contribution is 5.43. The second-order valence-electron chi connectivity index (χ2n) is 7.98. The molecule has 5 heteroatoms. The van der Waals surface area contributed by atoms with Gasteiger partial charge in [-0.15, -0.1) is 0 Å². The van der Waals surface area contributed by atoms with Crippen LogP contribution >= 0.6 is 0 Å². The minimum absolute atomic E-state index is 0.222. The van der Waals surface area contributed by atoms with Crippen LogP contribution < -0.4 is 21.7 Å². The number of pyridine rings is 1. The van der Waals surface area contributed by atoms with Crippen LogP contribution in [0.3, 0.4) is 0 Å². The SMILES string of the molecule is C=C(CC(C)(C)C)NCC(=C)Nc1cc(C(CCC)NCCN)ccn1. The Labute approximate surface area is 159 Å². The normalized spacial score (nSPS) is 12.5. The highest BCUT2D eigenvalue weighted by atomic mass is 15.0. The fourth-order valence-corrected chi connectivity index (χ4v) is 2.82. The lowest BCUT2D eigenvalue weighted by molar-refractivity contribution is 0.400. The summed E-state index contributed by atoms with van der Waals surface area (Å²) in [6.07, 6.45) is 4.95. The van der Waals surface area contributed by atoms with Crippen molar-refractivity contribution >= 4 is 5.82 Å². The van der Waals surface area contributed by atoms with Gasteiger partial charge in [0, 0.05) is 36.7 Å². The molecule has 0 radical (unpaired) electrons. The molecular formula is C21H37N5. The van der Waals surface area contributed by atoms with Crippen LogP contribution in [-0.2, 0) is 0 Å². The second-order valence-corrected chi connectivity index (χ2v) is 7.98. The Balaban J connectivity index is 2.61. The Morgan fingerprint density at radius 3 is 2.62 bits per heavy atom. The van der Waals surface area contributed by atoms with Crippen molar-refractivity contribution in [2.24, 2.45) is 11.1 Å². The van der Waals surface area contributed by atoms with E-state index in [4.69, 9.17) is 5.73 Å². The van der Waals surface area contributed by atoms with Crippen LogP contribution in [0.5, 0.6) is 0 Å². The molecule has 1 heterocycles. The molecule has 1 aromatic heterocycles. The maximum absolute atomic E-state index is 5.63. The van der Waals surface area contributed by atoms with Gasteiger partial charge in [-0.2, -0.15) is 0 Å². The van der Waals surface area contributed by atoms with Gasteiger partial charge in [-0.05, 0) is 36.0 Å². The highest BCUT2D eigenvalue weighted by Gasteiger charge is 2.13. The molecule has 0 aliphatic carbocycles. The zero-order valence-electron chi connectivity index (χ0n) is 17.0. The molecule has 5 nitrogen and oxygen atoms in total. The Hall–Kier alpha value is -1.85. The molecule has 1 rings (SSSR count). The fourth-order valence-electron chi connectivity index (χ4n) is 2.82. The van der Waals surface area contributed by atoms with E-state index in [1.165, 1.54) is 5.56 Å². The first kappa shape index (κ1) is 22.2. The highest BCUT2D eigenvalue weighted by Crippen LogP contribution is 2.22. The number of aromatic nitrogens is 1. The van der Waals surface area contributed by atoms with E-state index in [1.54, 1.807) is 0 Å². The fraction of sp³-hybridized carbons (Fsp3) is 0.571. The van der Waals surface area contributed by atoms with Gasteiger partial charge in [0.15, 0.2) is 0 Å². The Morgan fingerprint density at radius 1 is 1.27 bits per heavy atom. The minimum Gasteiger partial charge on any atom is -0.383 e. The maximum atomic E-state index is 5.63. The largest absolute Gasteiger partial charge is 0.383 e. The number of allylic oxidation sites excluding steroid dienone is 1. The van der Waals surface area contributed by atoms with Crippen molar-refractivity contribution in [3.8, 4) is 0 Å². The van der Waals surface area contributed by atoms with E-state index in [0.29, 0.717) is 19.1 Å². The zero-order chi connectivity index (χ0) is 19.6. The lowest BCUT2D eigenvalue weighted by atomic mass is 9.91. The lowest BCUT2D eigenvalue weighted by Gasteiger charge is -2.21. The van der Waals surface area contributed by atoms with Crippen LogP contribution in [0.1, 0.15) is 58.6 Å². The molecule has 1 atom stereocenters. The van der Waals surface area contributed by atoms with E-state index in [9.17, 15) is 0 Å². The smallest absolute Gasteiger partial charge is 0.130 e. The standard InChI is InChI=1S/C21H37N5/c1-7-8-19(23-12-10-22)18-9-11-24-20(13-18)26-17(3)15-25-16(2)14-21(4,5)6/h9,11,13,19,23,25H,2-3,7-8,10,12,14-15,22H2,1,4-6H3,(H,24,26). The molecule has 0 spiro atoms. The topological polar surface area (TPSA) is 75.0 Å². The molecule has 146 valence electrons. The summed E-state index contributed by atoms with van der Waals surface area (Å²) in [5.74, 6) is 0.811. The summed E-state index contributed by atoms with van der Waals surface area (Å²) >= 11 is 0. The van der Waals surface area contributed by atoms with Crippen LogP contribution in [0.4, 0.5) is 5.82 Å². The van der Waals surface area contributed by atoms with Gasteiger partial charge >= 0.3 is 0 Å². The predicted octanol–water partition coefficient (Wildman–Crippen LogP) is 3.94. The van der Waals surface area contributed by atoms with Crippen LogP contribution in [0.25, 0.3) is 0 Å². The van der Waals surface area contributed by atoms with Gasteiger partial charge in [0.05, 0.1) is 6.54 Å². The molecule has 0 amide bonds. The molecule has 1 unspecified atom stereocenters. The van der Waals surface area contributed by atoms with Crippen molar-refractivity contribution in [1.29, 1.82) is 0 Å². The molecule has 0 bridgehead atoms. The first-order valence-corrected chi connectivity index (χ1v) is 9.51. The van der Waals surface area contributed by atoms with Crippen LogP contribution in [0, 0.1) is 5.41 Å². The van der Waals surface area contributed by atoms with Crippen molar-refractivity contribution in [3.05, 3.63) is 48.4 Å². The third-order valence-corrected chi connectivity index (χ3v) is 3.90. The average molecular weight is 360 g/mol. The van der Waals surface area contributed by atoms with Crippen molar-refractivity contribution in [2.75, 3.05) is 25.0 Å². The van der Waals surface area contributed by atoms with Crippen molar-refractivity contribution in [1.82, 2.24) is 15.6 Å². The molecule has 0 aliphatic heterocycles. The summed E-state index contributed by atoms with van der Waals surface area (Å²) in [6.45, 7) is 19.1. The number of nitrogens with one attached hydrogen (secondary N) is 3. The Kier molecular flexibility index (Phi) is 9.38. The number of anilines is 1. The third-order valence-electron chi connectivity index (χ3n) is 3.90. The third kappa shape index (κ3) is 9.02. The van der Waals surface area contributed by atoms with Gasteiger partial charge < -0.3 is 21.7 Å². The molecule has 0 saturated heterocycles. The molecule has 0 aromatic carbocycles. The summed E-state index contributed by atoms with van der Waals surface area (Å²) in [6, 6.07) is 4.44. The first-order chi connectivity index (χ1) is 12.2. The summed E-state index contributed by atoms with van der Waals surface area (Å²) in [4.78, 5) is 4.41. The van der Waals surface area contributed by atoms with Crippen LogP contribution in [0.15, 0.2) is 42.9 Å². The van der Waals surface area contributed by atoms with Crippen molar-refractivity contribution in [2.45, 2.75) is 53.0 Å². The van der Waals surface area contributed by atoms with Gasteiger partial charge in [0.1, 0.15) is 5.82 Å². The van der Waals surface area contributed by atoms with Crippen LogP contribution in [-0.4, -0.2) is 24.6 Å². The van der Waals surface area contributed by atoms with Gasteiger partial charge in [0.2, 0.25) is 0 Å². The van der Waals surface area contributed by atoms with Crippen molar-refractivity contribution < 1.29 is 0 Å². The molecule has 1 aromatic rings. The summed E-state index contributed by atoms with van der Waals surface area (Å²) in [7, 11) is 0. The van der Waals surface area contributed by atoms with E-state index < -0.39 is 0 Å². The van der Waals surface area contributed by atoms with Gasteiger partial charge in [-0.1, -0.05) is 47.3 Å². The lowest BCUT2D eigenvalue weighted by Crippen LogP contribution is -2.27. The molecule has 26 heavy (non-hydrogen) atoms. The maximum Gasteiger partial charge on any atom is 0.130 e. The molecular weight excluding hydrogens is 322 g/mol. The van der Waals surface area contributed by atoms with E-state index in [0.717, 1.165) is 43.0 Å². The Morgan fingerprint density at radius 2 is 2.00 bits per heavy atom. The van der Waals surface area contributed by atoms with E-state index in [1.807, 2.05) is 6.20 Å². The molecule has 0 saturated carbocycles. The predicted molar refractivity (Wildman–Crippen MR) is 113 cm³/mol. The van der Waals surface area contributed by atoms with Gasteiger partial charge in [-0.3, -0.25) is 0 Å². The minimum atomic E-state index is 0.222. The number of rotatable bonds is 12. The average Bonchev–Trinajstić information content (AvgIpc) is 2.55. The summed E-state index contributed by atoms with van der Waals surface area (Å²) in [5, 5.41) is 10.1. The number of nitrogens with two attached hydrogens (primary N) is 1. The van der Waals surface area contributed by atoms with E-state index in [2.05, 4.69) is 73.9 Å². The second kappa shape index (κ2) is 11.0. The molecule has 0 fully saturated rings. The van der Waals surface area contributed by atoms with Crippen molar-refractivity contribution in [3.63, 3.8) is 0 Å².